The van der Waals surface area contributed by atoms with Gasteiger partial charge in [-0.25, -0.2) is 13.1 Å². The smallest absolute Gasteiger partial charge is 0.240 e. The summed E-state index contributed by atoms with van der Waals surface area (Å²) in [5, 5.41) is 0. The Hall–Kier alpha value is -1.11. The summed E-state index contributed by atoms with van der Waals surface area (Å²) in [6, 6.07) is 10.5. The normalized spacial score (nSPS) is 11.6. The Balaban J connectivity index is 1.99. The zero-order valence-electron chi connectivity index (χ0n) is 9.58. The van der Waals surface area contributed by atoms with Gasteiger partial charge in [0, 0.05) is 30.0 Å². The second kappa shape index (κ2) is 5.69. The van der Waals surface area contributed by atoms with Gasteiger partial charge in [-0.2, -0.15) is 0 Å². The molecule has 0 unspecified atom stereocenters. The molecule has 1 heterocycles. The first kappa shape index (κ1) is 13.3. The first-order valence-electron chi connectivity index (χ1n) is 5.44. The molecule has 0 saturated heterocycles. The standard InChI is InChI=1S/C12H13BrN2O2S/c13-11-4-3-5-12(10-11)18(16,17)14-6-9-15-7-1-2-8-15/h1-5,7-8,10,14H,6,9H2. The number of nitrogens with one attached hydrogen (secondary N) is 1. The molecule has 0 aliphatic rings. The SMILES string of the molecule is O=S(=O)(NCCn1cccc1)c1cccc(Br)c1. The summed E-state index contributed by atoms with van der Waals surface area (Å²) in [4.78, 5) is 0.268. The number of halogens is 1. The molecule has 0 aliphatic carbocycles. The maximum atomic E-state index is 12.0. The first-order chi connectivity index (χ1) is 8.58. The molecule has 0 fully saturated rings. The highest BCUT2D eigenvalue weighted by atomic mass is 79.9. The topological polar surface area (TPSA) is 51.1 Å². The van der Waals surface area contributed by atoms with E-state index in [-0.39, 0.29) is 4.90 Å². The summed E-state index contributed by atoms with van der Waals surface area (Å²) < 4.78 is 29.2. The van der Waals surface area contributed by atoms with Gasteiger partial charge in [0.15, 0.2) is 0 Å². The summed E-state index contributed by atoms with van der Waals surface area (Å²) in [6.07, 6.45) is 3.79. The molecule has 96 valence electrons. The van der Waals surface area contributed by atoms with Crippen LogP contribution in [0.4, 0.5) is 0 Å². The van der Waals surface area contributed by atoms with Crippen molar-refractivity contribution in [2.24, 2.45) is 0 Å². The van der Waals surface area contributed by atoms with Gasteiger partial charge < -0.3 is 4.57 Å². The molecule has 6 heteroatoms. The van der Waals surface area contributed by atoms with Crippen LogP contribution in [0.25, 0.3) is 0 Å². The van der Waals surface area contributed by atoms with Crippen molar-refractivity contribution in [2.75, 3.05) is 6.54 Å². The molecular formula is C12H13BrN2O2S. The van der Waals surface area contributed by atoms with Crippen LogP contribution in [0.3, 0.4) is 0 Å². The summed E-state index contributed by atoms with van der Waals surface area (Å²) in [5.41, 5.74) is 0. The molecule has 2 aromatic rings. The lowest BCUT2D eigenvalue weighted by atomic mass is 10.4. The highest BCUT2D eigenvalue weighted by Gasteiger charge is 2.12. The van der Waals surface area contributed by atoms with E-state index in [1.54, 1.807) is 24.3 Å². The Bertz CT molecular complexity index is 609. The fourth-order valence-corrected chi connectivity index (χ4v) is 3.16. The average Bonchev–Trinajstić information content (AvgIpc) is 2.82. The summed E-state index contributed by atoms with van der Waals surface area (Å²) in [7, 11) is -3.43. The van der Waals surface area contributed by atoms with Gasteiger partial charge in [0.2, 0.25) is 10.0 Å². The van der Waals surface area contributed by atoms with Gasteiger partial charge in [0.05, 0.1) is 4.90 Å². The quantitative estimate of drug-likeness (QED) is 0.915. The number of nitrogens with zero attached hydrogens (tertiary/aromatic N) is 1. The molecule has 4 nitrogen and oxygen atoms in total. The zero-order chi connectivity index (χ0) is 13.0. The summed E-state index contributed by atoms with van der Waals surface area (Å²) >= 11 is 3.26. The summed E-state index contributed by atoms with van der Waals surface area (Å²) in [5.74, 6) is 0. The van der Waals surface area contributed by atoms with E-state index in [0.717, 1.165) is 4.47 Å². The van der Waals surface area contributed by atoms with Crippen molar-refractivity contribution in [2.45, 2.75) is 11.4 Å². The Kier molecular flexibility index (Phi) is 4.21. The third-order valence-electron chi connectivity index (χ3n) is 2.43. The van der Waals surface area contributed by atoms with E-state index < -0.39 is 10.0 Å². The average molecular weight is 329 g/mol. The molecule has 0 radical (unpaired) electrons. The molecular weight excluding hydrogens is 316 g/mol. The molecule has 0 atom stereocenters. The van der Waals surface area contributed by atoms with Crippen LogP contribution in [0.2, 0.25) is 0 Å². The van der Waals surface area contributed by atoms with Crippen LogP contribution in [0.5, 0.6) is 0 Å². The number of benzene rings is 1. The molecule has 0 spiro atoms. The largest absolute Gasteiger partial charge is 0.353 e. The molecule has 18 heavy (non-hydrogen) atoms. The van der Waals surface area contributed by atoms with Crippen molar-refractivity contribution in [3.63, 3.8) is 0 Å². The second-order valence-corrected chi connectivity index (χ2v) is 6.46. The van der Waals surface area contributed by atoms with Gasteiger partial charge in [0.1, 0.15) is 0 Å². The number of hydrogen-bond acceptors (Lipinski definition) is 2. The minimum atomic E-state index is -3.43. The molecule has 1 aromatic heterocycles. The Morgan fingerprint density at radius 3 is 2.56 bits per heavy atom. The van der Waals surface area contributed by atoms with Crippen molar-refractivity contribution >= 4 is 26.0 Å². The van der Waals surface area contributed by atoms with Gasteiger partial charge >= 0.3 is 0 Å². The zero-order valence-corrected chi connectivity index (χ0v) is 12.0. The van der Waals surface area contributed by atoms with Crippen LogP contribution >= 0.6 is 15.9 Å². The molecule has 2 rings (SSSR count). The van der Waals surface area contributed by atoms with Crippen LogP contribution in [0, 0.1) is 0 Å². The number of hydrogen-bond donors (Lipinski definition) is 1. The van der Waals surface area contributed by atoms with Crippen LogP contribution in [0.1, 0.15) is 0 Å². The highest BCUT2D eigenvalue weighted by molar-refractivity contribution is 9.10. The lowest BCUT2D eigenvalue weighted by molar-refractivity contribution is 0.573. The van der Waals surface area contributed by atoms with Crippen molar-refractivity contribution in [3.8, 4) is 0 Å². The van der Waals surface area contributed by atoms with Crippen molar-refractivity contribution < 1.29 is 8.42 Å². The van der Waals surface area contributed by atoms with Gasteiger partial charge in [-0.1, -0.05) is 22.0 Å². The van der Waals surface area contributed by atoms with Gasteiger partial charge in [0.25, 0.3) is 0 Å². The minimum absolute atomic E-state index is 0.268. The van der Waals surface area contributed by atoms with E-state index in [4.69, 9.17) is 0 Å². The van der Waals surface area contributed by atoms with Crippen LogP contribution in [0.15, 0.2) is 58.2 Å². The number of rotatable bonds is 5. The molecule has 0 aliphatic heterocycles. The van der Waals surface area contributed by atoms with Crippen molar-refractivity contribution in [1.29, 1.82) is 0 Å². The van der Waals surface area contributed by atoms with E-state index in [9.17, 15) is 8.42 Å². The van der Waals surface area contributed by atoms with E-state index in [0.29, 0.717) is 13.1 Å². The monoisotopic (exact) mass is 328 g/mol. The number of sulfonamides is 1. The van der Waals surface area contributed by atoms with Crippen LogP contribution in [-0.4, -0.2) is 19.5 Å². The van der Waals surface area contributed by atoms with E-state index in [2.05, 4.69) is 20.7 Å². The highest BCUT2D eigenvalue weighted by Crippen LogP contribution is 2.15. The molecule has 0 bridgehead atoms. The molecule has 1 N–H and O–H groups in total. The molecule has 0 amide bonds. The van der Waals surface area contributed by atoms with Crippen molar-refractivity contribution in [3.05, 3.63) is 53.3 Å². The molecule has 1 aromatic carbocycles. The predicted octanol–water partition coefficient (Wildman–Crippen LogP) is 2.23. The Labute approximate surface area is 115 Å². The van der Waals surface area contributed by atoms with Crippen LogP contribution < -0.4 is 4.72 Å². The van der Waals surface area contributed by atoms with Gasteiger partial charge in [-0.3, -0.25) is 0 Å². The fourth-order valence-electron chi connectivity index (χ4n) is 1.55. The predicted molar refractivity (Wildman–Crippen MR) is 73.8 cm³/mol. The third kappa shape index (κ3) is 3.44. The molecule has 0 saturated carbocycles. The second-order valence-electron chi connectivity index (χ2n) is 3.78. The lowest BCUT2D eigenvalue weighted by Crippen LogP contribution is -2.27. The Morgan fingerprint density at radius 2 is 1.89 bits per heavy atom. The lowest BCUT2D eigenvalue weighted by Gasteiger charge is -2.07. The maximum absolute atomic E-state index is 12.0. The van der Waals surface area contributed by atoms with Crippen molar-refractivity contribution in [1.82, 2.24) is 9.29 Å². The third-order valence-corrected chi connectivity index (χ3v) is 4.39. The van der Waals surface area contributed by atoms with E-state index >= 15 is 0 Å². The van der Waals surface area contributed by atoms with Gasteiger partial charge in [-0.05, 0) is 30.3 Å². The summed E-state index contributed by atoms with van der Waals surface area (Å²) in [6.45, 7) is 0.976. The number of aromatic nitrogens is 1. The first-order valence-corrected chi connectivity index (χ1v) is 7.71. The fraction of sp³-hybridized carbons (Fsp3) is 0.167. The van der Waals surface area contributed by atoms with E-state index in [1.165, 1.54) is 0 Å². The maximum Gasteiger partial charge on any atom is 0.240 e. The Morgan fingerprint density at radius 1 is 1.17 bits per heavy atom. The van der Waals surface area contributed by atoms with Gasteiger partial charge in [-0.15, -0.1) is 0 Å². The van der Waals surface area contributed by atoms with E-state index in [1.807, 2.05) is 29.1 Å². The minimum Gasteiger partial charge on any atom is -0.353 e. The van der Waals surface area contributed by atoms with Crippen LogP contribution in [-0.2, 0) is 16.6 Å².